The van der Waals surface area contributed by atoms with Crippen LogP contribution < -0.4 is 5.73 Å². The lowest BCUT2D eigenvalue weighted by Crippen LogP contribution is -2.43. The molecular formula is C14H25NO3. The summed E-state index contributed by atoms with van der Waals surface area (Å²) in [5.74, 6) is 0.453. The van der Waals surface area contributed by atoms with Crippen LogP contribution in [0.2, 0.25) is 0 Å². The monoisotopic (exact) mass is 255 g/mol. The van der Waals surface area contributed by atoms with Crippen LogP contribution in [0.5, 0.6) is 0 Å². The van der Waals surface area contributed by atoms with Crippen molar-refractivity contribution >= 4 is 5.78 Å². The Bertz CT molecular complexity index is 287. The van der Waals surface area contributed by atoms with Crippen molar-refractivity contribution in [3.63, 3.8) is 0 Å². The third-order valence-electron chi connectivity index (χ3n) is 4.14. The van der Waals surface area contributed by atoms with Gasteiger partial charge in [0, 0.05) is 38.0 Å². The second-order valence-corrected chi connectivity index (χ2v) is 5.74. The molecule has 2 aliphatic rings. The van der Waals surface area contributed by atoms with Crippen LogP contribution in [0, 0.1) is 5.92 Å². The highest BCUT2D eigenvalue weighted by Crippen LogP contribution is 2.36. The van der Waals surface area contributed by atoms with Gasteiger partial charge in [0.1, 0.15) is 5.78 Å². The summed E-state index contributed by atoms with van der Waals surface area (Å²) in [5.41, 5.74) is 5.79. The van der Waals surface area contributed by atoms with Gasteiger partial charge in [-0.3, -0.25) is 4.79 Å². The fraction of sp³-hybridized carbons (Fsp3) is 0.929. The molecule has 104 valence electrons. The van der Waals surface area contributed by atoms with Gasteiger partial charge in [-0.15, -0.1) is 0 Å². The quantitative estimate of drug-likeness (QED) is 0.811. The molecule has 0 bridgehead atoms. The van der Waals surface area contributed by atoms with E-state index in [-0.39, 0.29) is 17.6 Å². The Labute approximate surface area is 109 Å². The third-order valence-corrected chi connectivity index (χ3v) is 4.14. The molecule has 2 aliphatic heterocycles. The highest BCUT2D eigenvalue weighted by molar-refractivity contribution is 5.81. The van der Waals surface area contributed by atoms with E-state index in [0.717, 1.165) is 38.7 Å². The van der Waals surface area contributed by atoms with Crippen molar-refractivity contribution < 1.29 is 14.3 Å². The number of hydrogen-bond acceptors (Lipinski definition) is 4. The maximum Gasteiger partial charge on any atom is 0.137 e. The fourth-order valence-corrected chi connectivity index (χ4v) is 3.06. The smallest absolute Gasteiger partial charge is 0.137 e. The van der Waals surface area contributed by atoms with Gasteiger partial charge < -0.3 is 15.2 Å². The summed E-state index contributed by atoms with van der Waals surface area (Å²) in [6.45, 7) is 4.19. The van der Waals surface area contributed by atoms with Crippen LogP contribution in [-0.2, 0) is 14.3 Å². The zero-order chi connectivity index (χ0) is 13.0. The van der Waals surface area contributed by atoms with Crippen molar-refractivity contribution in [1.82, 2.24) is 0 Å². The number of ketones is 1. The summed E-state index contributed by atoms with van der Waals surface area (Å²) >= 11 is 0. The van der Waals surface area contributed by atoms with Crippen LogP contribution in [0.25, 0.3) is 0 Å². The average molecular weight is 255 g/mol. The minimum atomic E-state index is -0.173. The molecule has 3 unspecified atom stereocenters. The van der Waals surface area contributed by atoms with Crippen molar-refractivity contribution in [2.45, 2.75) is 57.1 Å². The first kappa shape index (κ1) is 14.0. The van der Waals surface area contributed by atoms with E-state index in [1.807, 2.05) is 0 Å². The van der Waals surface area contributed by atoms with Crippen LogP contribution in [0.1, 0.15) is 45.4 Å². The molecular weight excluding hydrogens is 230 g/mol. The molecule has 2 N–H and O–H groups in total. The summed E-state index contributed by atoms with van der Waals surface area (Å²) in [6.07, 6.45) is 5.10. The Hall–Kier alpha value is -0.450. The first-order chi connectivity index (χ1) is 8.65. The van der Waals surface area contributed by atoms with E-state index in [4.69, 9.17) is 15.2 Å². The minimum Gasteiger partial charge on any atom is -0.378 e. The lowest BCUT2D eigenvalue weighted by atomic mass is 9.81. The van der Waals surface area contributed by atoms with Crippen molar-refractivity contribution in [2.75, 3.05) is 19.8 Å². The predicted octanol–water partition coefficient (Wildman–Crippen LogP) is 1.66. The fourth-order valence-electron chi connectivity index (χ4n) is 3.06. The summed E-state index contributed by atoms with van der Waals surface area (Å²) in [5, 5.41) is 0. The topological polar surface area (TPSA) is 61.6 Å². The summed E-state index contributed by atoms with van der Waals surface area (Å²) in [4.78, 5) is 12.2. The van der Waals surface area contributed by atoms with Crippen molar-refractivity contribution in [1.29, 1.82) is 0 Å². The average Bonchev–Trinajstić information content (AvgIpc) is 2.77. The summed E-state index contributed by atoms with van der Waals surface area (Å²) in [6, 6.07) is 0.0288. The number of carbonyl (C=O) groups is 1. The molecule has 0 radical (unpaired) electrons. The van der Waals surface area contributed by atoms with Crippen molar-refractivity contribution in [3.05, 3.63) is 0 Å². The number of hydrogen-bond donors (Lipinski definition) is 1. The largest absolute Gasteiger partial charge is 0.378 e. The van der Waals surface area contributed by atoms with Crippen LogP contribution in [0.4, 0.5) is 0 Å². The van der Waals surface area contributed by atoms with Crippen LogP contribution in [0.3, 0.4) is 0 Å². The maximum atomic E-state index is 12.2. The van der Waals surface area contributed by atoms with E-state index in [0.29, 0.717) is 25.4 Å². The Morgan fingerprint density at radius 2 is 2.33 bits per heavy atom. The molecule has 18 heavy (non-hydrogen) atoms. The van der Waals surface area contributed by atoms with E-state index in [1.165, 1.54) is 0 Å². The van der Waals surface area contributed by atoms with Gasteiger partial charge in [0.25, 0.3) is 0 Å². The number of rotatable bonds is 5. The van der Waals surface area contributed by atoms with Gasteiger partial charge in [-0.05, 0) is 19.3 Å². The van der Waals surface area contributed by atoms with Gasteiger partial charge in [0.2, 0.25) is 0 Å². The highest BCUT2D eigenvalue weighted by atomic mass is 16.6. The second kappa shape index (κ2) is 6.13. The molecule has 2 rings (SSSR count). The van der Waals surface area contributed by atoms with Crippen LogP contribution >= 0.6 is 0 Å². The molecule has 0 amide bonds. The lowest BCUT2D eigenvalue weighted by Gasteiger charge is -2.36. The molecule has 2 fully saturated rings. The van der Waals surface area contributed by atoms with E-state index >= 15 is 0 Å². The zero-order valence-corrected chi connectivity index (χ0v) is 11.3. The third kappa shape index (κ3) is 3.31. The Balaban J connectivity index is 1.86. The molecule has 2 saturated heterocycles. The van der Waals surface area contributed by atoms with E-state index in [2.05, 4.69) is 6.92 Å². The molecule has 0 aromatic heterocycles. The predicted molar refractivity (Wildman–Crippen MR) is 69.4 cm³/mol. The maximum absolute atomic E-state index is 12.2. The first-order valence-corrected chi connectivity index (χ1v) is 7.15. The van der Waals surface area contributed by atoms with E-state index in [9.17, 15) is 4.79 Å². The number of Topliss-reactive ketones (excluding diaryl/α,β-unsaturated/α-hetero) is 1. The lowest BCUT2D eigenvalue weighted by molar-refractivity contribution is -0.137. The van der Waals surface area contributed by atoms with E-state index in [1.54, 1.807) is 0 Å². The van der Waals surface area contributed by atoms with Gasteiger partial charge in [-0.25, -0.2) is 0 Å². The van der Waals surface area contributed by atoms with Crippen molar-refractivity contribution in [2.24, 2.45) is 11.7 Å². The second-order valence-electron chi connectivity index (χ2n) is 5.74. The minimum absolute atomic E-state index is 0.0288. The molecule has 0 aromatic carbocycles. The molecule has 1 spiro atoms. The number of nitrogens with two attached hydrogens (primary N) is 1. The summed E-state index contributed by atoms with van der Waals surface area (Å²) < 4.78 is 11.3. The molecule has 0 saturated carbocycles. The number of carbonyl (C=O) groups excluding carboxylic acids is 1. The van der Waals surface area contributed by atoms with Crippen LogP contribution in [-0.4, -0.2) is 37.2 Å². The normalized spacial score (nSPS) is 33.8. The van der Waals surface area contributed by atoms with Crippen LogP contribution in [0.15, 0.2) is 0 Å². The zero-order valence-electron chi connectivity index (χ0n) is 11.3. The molecule has 4 nitrogen and oxygen atoms in total. The van der Waals surface area contributed by atoms with Gasteiger partial charge in [0.05, 0.1) is 12.2 Å². The van der Waals surface area contributed by atoms with Gasteiger partial charge in [-0.2, -0.15) is 0 Å². The van der Waals surface area contributed by atoms with E-state index < -0.39 is 0 Å². The molecule has 0 aliphatic carbocycles. The molecule has 4 heteroatoms. The van der Waals surface area contributed by atoms with Gasteiger partial charge in [-0.1, -0.05) is 13.3 Å². The Morgan fingerprint density at radius 1 is 1.50 bits per heavy atom. The SMILES string of the molecule is CCCC(N)CC(=O)C1CCOC2(CCOC2)C1. The molecule has 3 atom stereocenters. The molecule has 2 heterocycles. The number of ether oxygens (including phenoxy) is 2. The van der Waals surface area contributed by atoms with Gasteiger partial charge in [0.15, 0.2) is 0 Å². The standard InChI is InChI=1S/C14H25NO3/c1-2-3-12(15)8-13(16)11-4-6-18-14(9-11)5-7-17-10-14/h11-12H,2-10,15H2,1H3. The van der Waals surface area contributed by atoms with Gasteiger partial charge >= 0.3 is 0 Å². The molecule has 0 aromatic rings. The summed E-state index contributed by atoms with van der Waals surface area (Å²) in [7, 11) is 0. The highest BCUT2D eigenvalue weighted by Gasteiger charge is 2.42. The first-order valence-electron chi connectivity index (χ1n) is 7.15. The Kier molecular flexibility index (Phi) is 4.76. The Morgan fingerprint density at radius 3 is 3.00 bits per heavy atom. The van der Waals surface area contributed by atoms with Crippen molar-refractivity contribution in [3.8, 4) is 0 Å².